The molecule has 0 saturated heterocycles. The molecule has 1 unspecified atom stereocenters. The van der Waals surface area contributed by atoms with Crippen LogP contribution in [0, 0.1) is 5.92 Å². The minimum Gasteiger partial charge on any atom is -0.0886 e. The van der Waals surface area contributed by atoms with Crippen LogP contribution in [0.5, 0.6) is 0 Å². The lowest BCUT2D eigenvalue weighted by molar-refractivity contribution is 0.754. The summed E-state index contributed by atoms with van der Waals surface area (Å²) in [7, 11) is 22.1. The third-order valence-electron chi connectivity index (χ3n) is 2.12. The first-order valence-electron chi connectivity index (χ1n) is 4.22. The summed E-state index contributed by atoms with van der Waals surface area (Å²) in [5.41, 5.74) is 2.15. The van der Waals surface area contributed by atoms with E-state index in [9.17, 15) is 0 Å². The van der Waals surface area contributed by atoms with E-state index in [-0.39, 0.29) is 5.92 Å². The van der Waals surface area contributed by atoms with Crippen LogP contribution in [0.4, 0.5) is 0 Å². The molecule has 0 spiro atoms. The summed E-state index contributed by atoms with van der Waals surface area (Å²) in [5, 5.41) is 0. The molecule has 1 atom stereocenters. The highest BCUT2D eigenvalue weighted by Crippen LogP contribution is 2.24. The lowest BCUT2D eigenvalue weighted by Gasteiger charge is -2.18. The zero-order valence-corrected chi connectivity index (χ0v) is 7.72. The summed E-state index contributed by atoms with van der Waals surface area (Å²) < 4.78 is 0. The van der Waals surface area contributed by atoms with Crippen molar-refractivity contribution in [2.45, 2.75) is 32.2 Å². The zero-order valence-electron chi connectivity index (χ0n) is 7.72. The van der Waals surface area contributed by atoms with Crippen molar-refractivity contribution in [2.24, 2.45) is 5.92 Å². The quantitative estimate of drug-likeness (QED) is 0.410. The molecule has 0 fully saturated rings. The summed E-state index contributed by atoms with van der Waals surface area (Å²) >= 11 is 0. The van der Waals surface area contributed by atoms with E-state index in [4.69, 9.17) is 31.4 Å². The number of rotatable bonds is 5. The van der Waals surface area contributed by atoms with Crippen molar-refractivity contribution in [2.75, 3.05) is 0 Å². The highest BCUT2D eigenvalue weighted by molar-refractivity contribution is 6.15. The van der Waals surface area contributed by atoms with E-state index < -0.39 is 0 Å². The predicted molar refractivity (Wildman–Crippen MR) is 58.4 cm³/mol. The van der Waals surface area contributed by atoms with Crippen LogP contribution in [0.2, 0.25) is 25.3 Å². The van der Waals surface area contributed by atoms with Gasteiger partial charge in [-0.3, -0.25) is 0 Å². The van der Waals surface area contributed by atoms with Crippen LogP contribution < -0.4 is 0 Å². The lowest BCUT2D eigenvalue weighted by Crippen LogP contribution is -2.03. The van der Waals surface area contributed by atoms with Gasteiger partial charge < -0.3 is 0 Å². The van der Waals surface area contributed by atoms with E-state index in [1.807, 2.05) is 6.92 Å². The fourth-order valence-corrected chi connectivity index (χ4v) is 1.18. The number of allylic oxidation sites excluding steroid dienone is 2. The Morgan fingerprint density at radius 1 is 1.00 bits per heavy atom. The molecule has 0 heterocycles. The van der Waals surface area contributed by atoms with Crippen molar-refractivity contribution >= 4 is 31.4 Å². The summed E-state index contributed by atoms with van der Waals surface area (Å²) in [6.07, 6.45) is 2.05. The van der Waals surface area contributed by atoms with Gasteiger partial charge in [-0.1, -0.05) is 43.4 Å². The van der Waals surface area contributed by atoms with E-state index in [1.165, 1.54) is 0 Å². The fraction of sp³-hybridized carbons (Fsp3) is 0.750. The topological polar surface area (TPSA) is 0 Å². The minimum atomic E-state index is 0.289. The first kappa shape index (κ1) is 12.0. The third kappa shape index (κ3) is 3.16. The van der Waals surface area contributed by atoms with Gasteiger partial charge in [-0.25, -0.2) is 0 Å². The SMILES string of the molecule is [B]CC(C[B])=C(C[B])C(C)C[B]. The second-order valence-electron chi connectivity index (χ2n) is 2.88. The van der Waals surface area contributed by atoms with Crippen molar-refractivity contribution in [3.8, 4) is 0 Å². The van der Waals surface area contributed by atoms with Crippen LogP contribution >= 0.6 is 0 Å². The van der Waals surface area contributed by atoms with Crippen molar-refractivity contribution in [1.29, 1.82) is 0 Å². The van der Waals surface area contributed by atoms with Crippen LogP contribution in [-0.4, -0.2) is 31.4 Å². The molecule has 0 aliphatic carbocycles. The van der Waals surface area contributed by atoms with Crippen LogP contribution in [0.25, 0.3) is 0 Å². The average molecular weight is 151 g/mol. The highest BCUT2D eigenvalue weighted by Gasteiger charge is 2.07. The van der Waals surface area contributed by atoms with Gasteiger partial charge in [-0.15, -0.1) is 0 Å². The average Bonchev–Trinajstić information content (AvgIpc) is 2.12. The standard InChI is InChI=1S/C8H12B4/c1-6(2-9)8(5-12)7(3-10)4-11/h6H,2-5H2,1H3. The molecular weight excluding hydrogens is 139 g/mol. The molecule has 0 nitrogen and oxygen atoms in total. The second-order valence-corrected chi connectivity index (χ2v) is 2.88. The Balaban J connectivity index is 4.56. The molecule has 0 aromatic carbocycles. The van der Waals surface area contributed by atoms with Crippen molar-refractivity contribution in [3.63, 3.8) is 0 Å². The van der Waals surface area contributed by atoms with Crippen LogP contribution in [0.15, 0.2) is 11.1 Å². The van der Waals surface area contributed by atoms with Gasteiger partial charge in [0.1, 0.15) is 0 Å². The van der Waals surface area contributed by atoms with Gasteiger partial charge in [-0.2, -0.15) is 0 Å². The number of hydrogen-bond donors (Lipinski definition) is 0. The molecule has 12 heavy (non-hydrogen) atoms. The maximum atomic E-state index is 5.58. The normalized spacial score (nSPS) is 12.4. The molecule has 4 heteroatoms. The molecule has 0 saturated carbocycles. The Hall–Kier alpha value is -0.000260. The maximum absolute atomic E-state index is 5.58. The second kappa shape index (κ2) is 6.51. The Kier molecular flexibility index (Phi) is 6.51. The molecule has 0 amide bonds. The minimum absolute atomic E-state index is 0.289. The molecule has 0 aromatic heterocycles. The molecule has 0 aliphatic rings. The van der Waals surface area contributed by atoms with Gasteiger partial charge in [0, 0.05) is 0 Å². The Morgan fingerprint density at radius 3 is 1.75 bits per heavy atom. The Bertz CT molecular complexity index is 147. The van der Waals surface area contributed by atoms with Crippen molar-refractivity contribution in [1.82, 2.24) is 0 Å². The molecule has 0 bridgehead atoms. The summed E-state index contributed by atoms with van der Waals surface area (Å²) in [6, 6.07) is 0. The van der Waals surface area contributed by atoms with Crippen LogP contribution in [-0.2, 0) is 0 Å². The van der Waals surface area contributed by atoms with Crippen molar-refractivity contribution in [3.05, 3.63) is 11.1 Å². The van der Waals surface area contributed by atoms with Gasteiger partial charge >= 0.3 is 0 Å². The van der Waals surface area contributed by atoms with Crippen LogP contribution in [0.1, 0.15) is 6.92 Å². The van der Waals surface area contributed by atoms with Gasteiger partial charge in [0.05, 0.1) is 31.4 Å². The van der Waals surface area contributed by atoms with E-state index in [0.29, 0.717) is 25.3 Å². The first-order valence-corrected chi connectivity index (χ1v) is 4.22. The molecule has 0 aliphatic heterocycles. The van der Waals surface area contributed by atoms with Gasteiger partial charge in [-0.05, 0) is 5.92 Å². The molecular formula is C8H12B4. The Labute approximate surface area is 81.2 Å². The van der Waals surface area contributed by atoms with E-state index in [0.717, 1.165) is 11.1 Å². The molecule has 8 radical (unpaired) electrons. The Morgan fingerprint density at radius 2 is 1.50 bits per heavy atom. The first-order chi connectivity index (χ1) is 5.71. The monoisotopic (exact) mass is 152 g/mol. The highest BCUT2D eigenvalue weighted by atomic mass is 14.1. The van der Waals surface area contributed by atoms with E-state index in [1.54, 1.807) is 0 Å². The summed E-state index contributed by atoms with van der Waals surface area (Å²) in [6.45, 7) is 2.04. The molecule has 0 aromatic rings. The largest absolute Gasteiger partial charge is 0.0886 e. The summed E-state index contributed by atoms with van der Waals surface area (Å²) in [5.74, 6) is 0.289. The smallest absolute Gasteiger partial charge is 0.0712 e. The summed E-state index contributed by atoms with van der Waals surface area (Å²) in [4.78, 5) is 0. The van der Waals surface area contributed by atoms with Gasteiger partial charge in [0.15, 0.2) is 0 Å². The zero-order chi connectivity index (χ0) is 9.56. The predicted octanol–water partition coefficient (Wildman–Crippen LogP) is 1.27. The molecule has 0 N–H and O–H groups in total. The van der Waals surface area contributed by atoms with E-state index in [2.05, 4.69) is 0 Å². The van der Waals surface area contributed by atoms with Gasteiger partial charge in [0.25, 0.3) is 0 Å². The third-order valence-corrected chi connectivity index (χ3v) is 2.12. The lowest BCUT2D eigenvalue weighted by atomic mass is 9.73. The molecule has 0 rings (SSSR count). The van der Waals surface area contributed by atoms with Crippen LogP contribution in [0.3, 0.4) is 0 Å². The number of hydrogen-bond acceptors (Lipinski definition) is 0. The maximum Gasteiger partial charge on any atom is 0.0712 e. The van der Waals surface area contributed by atoms with Gasteiger partial charge in [0.2, 0.25) is 0 Å². The molecule has 56 valence electrons. The fourth-order valence-electron chi connectivity index (χ4n) is 1.18. The van der Waals surface area contributed by atoms with E-state index >= 15 is 0 Å². The van der Waals surface area contributed by atoms with Crippen molar-refractivity contribution < 1.29 is 0 Å².